The van der Waals surface area contributed by atoms with E-state index < -0.39 is 34.7 Å². The molecule has 0 aromatic carbocycles. The molecule has 0 heterocycles. The molecular formula is C7H14F4N2O2S. The molecule has 16 heavy (non-hydrogen) atoms. The largest absolute Gasteiger partial charge is 0.320 e. The molecule has 0 saturated carbocycles. The number of sulfonamides is 1. The van der Waals surface area contributed by atoms with Crippen molar-refractivity contribution in [3.63, 3.8) is 0 Å². The zero-order chi connectivity index (χ0) is 12.8. The van der Waals surface area contributed by atoms with E-state index in [2.05, 4.69) is 5.32 Å². The molecule has 0 spiro atoms. The fourth-order valence-corrected chi connectivity index (χ4v) is 1.71. The number of rotatable bonds is 8. The first kappa shape index (κ1) is 15.6. The third-order valence-electron chi connectivity index (χ3n) is 1.64. The van der Waals surface area contributed by atoms with Crippen LogP contribution in [0.1, 0.15) is 6.92 Å². The molecule has 4 nitrogen and oxygen atoms in total. The third kappa shape index (κ3) is 6.23. The maximum atomic E-state index is 12.4. The molecule has 0 aliphatic carbocycles. The van der Waals surface area contributed by atoms with Gasteiger partial charge in [-0.05, 0) is 6.54 Å². The number of alkyl halides is 4. The summed E-state index contributed by atoms with van der Waals surface area (Å²) in [5.74, 6) is -4.77. The van der Waals surface area contributed by atoms with E-state index in [-0.39, 0.29) is 6.54 Å². The molecule has 0 radical (unpaired) electrons. The van der Waals surface area contributed by atoms with Crippen LogP contribution in [0.25, 0.3) is 0 Å². The Labute approximate surface area is 91.5 Å². The highest BCUT2D eigenvalue weighted by Gasteiger charge is 2.41. The molecule has 0 saturated heterocycles. The lowest BCUT2D eigenvalue weighted by Crippen LogP contribution is -2.43. The first-order valence-electron chi connectivity index (χ1n) is 4.55. The minimum Gasteiger partial charge on any atom is -0.316 e. The van der Waals surface area contributed by atoms with Crippen LogP contribution in [0.4, 0.5) is 17.6 Å². The van der Waals surface area contributed by atoms with E-state index in [0.29, 0.717) is 6.54 Å². The number of halogens is 4. The Morgan fingerprint density at radius 1 is 1.31 bits per heavy atom. The van der Waals surface area contributed by atoms with Gasteiger partial charge in [-0.3, -0.25) is 0 Å². The average Bonchev–Trinajstić information content (AvgIpc) is 2.15. The van der Waals surface area contributed by atoms with Gasteiger partial charge in [0.1, 0.15) is 0 Å². The van der Waals surface area contributed by atoms with Crippen LogP contribution >= 0.6 is 0 Å². The molecule has 0 bridgehead atoms. The van der Waals surface area contributed by atoms with Gasteiger partial charge in [0.25, 0.3) is 0 Å². The maximum Gasteiger partial charge on any atom is 0.320 e. The zero-order valence-electron chi connectivity index (χ0n) is 8.64. The van der Waals surface area contributed by atoms with Crippen molar-refractivity contribution in [3.05, 3.63) is 0 Å². The van der Waals surface area contributed by atoms with E-state index in [1.165, 1.54) is 4.72 Å². The molecule has 9 heteroatoms. The topological polar surface area (TPSA) is 58.2 Å². The standard InChI is InChI=1S/C7H14F4N2O2S/c1-2-12-3-4-16(14,15)13-5-7(10,11)6(8)9/h6,12-13H,2-5H2,1H3. The van der Waals surface area contributed by atoms with E-state index in [4.69, 9.17) is 0 Å². The first-order chi connectivity index (χ1) is 7.21. The van der Waals surface area contributed by atoms with Gasteiger partial charge in [0, 0.05) is 6.54 Å². The van der Waals surface area contributed by atoms with E-state index >= 15 is 0 Å². The van der Waals surface area contributed by atoms with Crippen molar-refractivity contribution >= 4 is 10.0 Å². The van der Waals surface area contributed by atoms with Gasteiger partial charge in [-0.15, -0.1) is 0 Å². The van der Waals surface area contributed by atoms with Gasteiger partial charge < -0.3 is 5.32 Å². The molecule has 98 valence electrons. The van der Waals surface area contributed by atoms with Crippen LogP contribution in [0, 0.1) is 0 Å². The molecule has 0 unspecified atom stereocenters. The predicted octanol–water partition coefficient (Wildman–Crippen LogP) is 0.416. The molecule has 0 amide bonds. The quantitative estimate of drug-likeness (QED) is 0.494. The highest BCUT2D eigenvalue weighted by Crippen LogP contribution is 2.21. The van der Waals surface area contributed by atoms with Crippen LogP contribution in [0.5, 0.6) is 0 Å². The van der Waals surface area contributed by atoms with E-state index in [9.17, 15) is 26.0 Å². The van der Waals surface area contributed by atoms with Crippen molar-refractivity contribution in [2.45, 2.75) is 19.3 Å². The SMILES string of the molecule is CCNCCS(=O)(=O)NCC(F)(F)C(F)F. The Bertz CT molecular complexity index is 295. The van der Waals surface area contributed by atoms with Gasteiger partial charge in [-0.1, -0.05) is 6.92 Å². The molecule has 0 aromatic rings. The number of hydrogen-bond acceptors (Lipinski definition) is 3. The summed E-state index contributed by atoms with van der Waals surface area (Å²) < 4.78 is 71.7. The van der Waals surface area contributed by atoms with Crippen molar-refractivity contribution in [3.8, 4) is 0 Å². The Hall–Kier alpha value is -0.410. The summed E-state index contributed by atoms with van der Waals surface area (Å²) in [6, 6.07) is 0. The number of hydrogen-bond donors (Lipinski definition) is 2. The third-order valence-corrected chi connectivity index (χ3v) is 2.97. The second-order valence-electron chi connectivity index (χ2n) is 3.06. The second kappa shape index (κ2) is 6.36. The zero-order valence-corrected chi connectivity index (χ0v) is 9.46. The van der Waals surface area contributed by atoms with Crippen LogP contribution in [0.3, 0.4) is 0 Å². The van der Waals surface area contributed by atoms with Gasteiger partial charge in [0.05, 0.1) is 12.3 Å². The van der Waals surface area contributed by atoms with Crippen molar-refractivity contribution in [1.82, 2.24) is 10.0 Å². The fraction of sp³-hybridized carbons (Fsp3) is 1.00. The summed E-state index contributed by atoms with van der Waals surface area (Å²) in [5, 5.41) is 2.67. The van der Waals surface area contributed by atoms with E-state index in [0.717, 1.165) is 0 Å². The molecular weight excluding hydrogens is 252 g/mol. The molecule has 0 fully saturated rings. The van der Waals surface area contributed by atoms with Crippen LogP contribution < -0.4 is 10.0 Å². The molecule has 2 N–H and O–H groups in total. The molecule has 0 atom stereocenters. The summed E-state index contributed by atoms with van der Waals surface area (Å²) in [4.78, 5) is 0. The lowest BCUT2D eigenvalue weighted by molar-refractivity contribution is -0.122. The molecule has 0 rings (SSSR count). The van der Waals surface area contributed by atoms with Crippen LogP contribution in [0.2, 0.25) is 0 Å². The Morgan fingerprint density at radius 3 is 2.31 bits per heavy atom. The summed E-state index contributed by atoms with van der Waals surface area (Å²) in [6.45, 7) is 0.763. The smallest absolute Gasteiger partial charge is 0.316 e. The first-order valence-corrected chi connectivity index (χ1v) is 6.20. The summed E-state index contributed by atoms with van der Waals surface area (Å²) in [5.41, 5.74) is 0. The fourth-order valence-electron chi connectivity index (χ4n) is 0.739. The van der Waals surface area contributed by atoms with Crippen molar-refractivity contribution in [1.29, 1.82) is 0 Å². The predicted molar refractivity (Wildman–Crippen MR) is 51.3 cm³/mol. The van der Waals surface area contributed by atoms with Crippen LogP contribution in [0.15, 0.2) is 0 Å². The molecule has 0 aromatic heterocycles. The Balaban J connectivity index is 4.09. The lowest BCUT2D eigenvalue weighted by Gasteiger charge is -2.15. The van der Waals surface area contributed by atoms with E-state index in [1.54, 1.807) is 6.92 Å². The molecule has 0 aliphatic heterocycles. The van der Waals surface area contributed by atoms with Gasteiger partial charge in [-0.25, -0.2) is 21.9 Å². The number of nitrogens with one attached hydrogen (secondary N) is 2. The van der Waals surface area contributed by atoms with Gasteiger partial charge in [0.2, 0.25) is 10.0 Å². The summed E-state index contributed by atoms with van der Waals surface area (Å²) in [7, 11) is -3.95. The minimum atomic E-state index is -4.34. The monoisotopic (exact) mass is 266 g/mol. The highest BCUT2D eigenvalue weighted by atomic mass is 32.2. The van der Waals surface area contributed by atoms with Gasteiger partial charge >= 0.3 is 12.3 Å². The van der Waals surface area contributed by atoms with Crippen molar-refractivity contribution < 1.29 is 26.0 Å². The van der Waals surface area contributed by atoms with Gasteiger partial charge in [0.15, 0.2) is 0 Å². The van der Waals surface area contributed by atoms with Crippen LogP contribution in [-0.2, 0) is 10.0 Å². The summed E-state index contributed by atoms with van der Waals surface area (Å²) in [6.07, 6.45) is -3.89. The minimum absolute atomic E-state index is 0.0755. The second-order valence-corrected chi connectivity index (χ2v) is 4.98. The average molecular weight is 266 g/mol. The van der Waals surface area contributed by atoms with Crippen molar-refractivity contribution in [2.24, 2.45) is 0 Å². The Morgan fingerprint density at radius 2 is 1.88 bits per heavy atom. The molecule has 0 aliphatic rings. The normalized spacial score (nSPS) is 13.4. The van der Waals surface area contributed by atoms with Crippen LogP contribution in [-0.4, -0.2) is 46.2 Å². The highest BCUT2D eigenvalue weighted by molar-refractivity contribution is 7.89. The Kier molecular flexibility index (Phi) is 6.19. The maximum absolute atomic E-state index is 12.4. The van der Waals surface area contributed by atoms with E-state index in [1.807, 2.05) is 0 Å². The lowest BCUT2D eigenvalue weighted by atomic mass is 10.4. The van der Waals surface area contributed by atoms with Gasteiger partial charge in [-0.2, -0.15) is 8.78 Å². The summed E-state index contributed by atoms with van der Waals surface area (Å²) >= 11 is 0. The van der Waals surface area contributed by atoms with Crippen molar-refractivity contribution in [2.75, 3.05) is 25.4 Å².